The molecule has 3 N–H and O–H groups in total. The highest BCUT2D eigenvalue weighted by molar-refractivity contribution is 6.43. The van der Waals surface area contributed by atoms with Crippen molar-refractivity contribution in [3.63, 3.8) is 0 Å². The van der Waals surface area contributed by atoms with Crippen LogP contribution in [0.3, 0.4) is 0 Å². The molecule has 0 bridgehead atoms. The van der Waals surface area contributed by atoms with Crippen LogP contribution in [0.15, 0.2) is 78.9 Å². The molecule has 2 atom stereocenters. The van der Waals surface area contributed by atoms with Crippen molar-refractivity contribution in [3.05, 3.63) is 126 Å². The summed E-state index contributed by atoms with van der Waals surface area (Å²) < 4.78 is 0. The van der Waals surface area contributed by atoms with Gasteiger partial charge in [0.25, 0.3) is 0 Å². The van der Waals surface area contributed by atoms with E-state index in [2.05, 4.69) is 6.07 Å². The van der Waals surface area contributed by atoms with Crippen molar-refractivity contribution in [1.82, 2.24) is 0 Å². The number of aliphatic hydroxyl groups is 1. The Bertz CT molecular complexity index is 1620. The van der Waals surface area contributed by atoms with E-state index >= 15 is 0 Å². The number of rotatable bonds is 6. The molecule has 0 amide bonds. The zero-order chi connectivity index (χ0) is 35.7. The summed E-state index contributed by atoms with van der Waals surface area (Å²) in [4.78, 5) is 0. The highest BCUT2D eigenvalue weighted by atomic mass is 35.5. The molecular formula is C36H35Cl8N3O. The molecule has 1 saturated carbocycles. The number of alkyl halides is 2. The minimum Gasteiger partial charge on any atom is -0.393 e. The predicted octanol–water partition coefficient (Wildman–Crippen LogP) is 11.9. The fourth-order valence-corrected chi connectivity index (χ4v) is 6.36. The minimum atomic E-state index is -0.436. The molecule has 0 saturated heterocycles. The van der Waals surface area contributed by atoms with Gasteiger partial charge in [0.15, 0.2) is 0 Å². The molecule has 0 spiro atoms. The highest BCUT2D eigenvalue weighted by Gasteiger charge is 2.39. The first-order valence-electron chi connectivity index (χ1n) is 14.8. The van der Waals surface area contributed by atoms with Crippen molar-refractivity contribution in [2.45, 2.75) is 55.5 Å². The highest BCUT2D eigenvalue weighted by Crippen LogP contribution is 2.42. The van der Waals surface area contributed by atoms with Gasteiger partial charge in [0.1, 0.15) is 0 Å². The Hall–Kier alpha value is -1.64. The van der Waals surface area contributed by atoms with E-state index < -0.39 is 5.41 Å². The van der Waals surface area contributed by atoms with Gasteiger partial charge in [-0.15, -0.1) is 23.2 Å². The third-order valence-electron chi connectivity index (χ3n) is 7.90. The van der Waals surface area contributed by atoms with Crippen molar-refractivity contribution < 1.29 is 5.11 Å². The molecule has 0 aliphatic heterocycles. The van der Waals surface area contributed by atoms with Gasteiger partial charge >= 0.3 is 0 Å². The van der Waals surface area contributed by atoms with E-state index in [0.29, 0.717) is 61.3 Å². The van der Waals surface area contributed by atoms with E-state index in [-0.39, 0.29) is 11.5 Å². The molecule has 1 fully saturated rings. The maximum atomic E-state index is 9.67. The third-order valence-corrected chi connectivity index (χ3v) is 10.5. The molecule has 0 heterocycles. The topological polar surface area (TPSA) is 93.8 Å². The molecule has 2 aliphatic rings. The van der Waals surface area contributed by atoms with Crippen molar-refractivity contribution >= 4 is 92.8 Å². The minimum absolute atomic E-state index is 0.131. The van der Waals surface area contributed by atoms with Crippen LogP contribution in [0.5, 0.6) is 0 Å². The third kappa shape index (κ3) is 12.6. The Morgan fingerprint density at radius 1 is 0.750 bits per heavy atom. The zero-order valence-electron chi connectivity index (χ0n) is 25.9. The quantitative estimate of drug-likeness (QED) is 0.192. The average Bonchev–Trinajstić information content (AvgIpc) is 3.73. The van der Waals surface area contributed by atoms with Crippen molar-refractivity contribution in [2.75, 3.05) is 18.3 Å². The van der Waals surface area contributed by atoms with E-state index in [1.165, 1.54) is 0 Å². The van der Waals surface area contributed by atoms with Gasteiger partial charge in [-0.25, -0.2) is 0 Å². The van der Waals surface area contributed by atoms with E-state index in [1.807, 2.05) is 48.6 Å². The Kier molecular flexibility index (Phi) is 19.1. The molecule has 256 valence electrons. The van der Waals surface area contributed by atoms with Crippen LogP contribution in [0.25, 0.3) is 0 Å². The smallest absolute Gasteiger partial charge is 0.0891 e. The van der Waals surface area contributed by atoms with Crippen LogP contribution in [0, 0.1) is 22.7 Å². The molecule has 3 aromatic carbocycles. The van der Waals surface area contributed by atoms with Gasteiger partial charge in [-0.3, -0.25) is 0 Å². The number of aliphatic hydroxyl groups excluding tert-OH is 1. The molecular weight excluding hydrogens is 774 g/mol. The van der Waals surface area contributed by atoms with Gasteiger partial charge in [0.05, 0.1) is 60.2 Å². The van der Waals surface area contributed by atoms with Crippen molar-refractivity contribution in [1.29, 1.82) is 10.5 Å². The summed E-state index contributed by atoms with van der Waals surface area (Å²) in [5, 5.41) is 30.4. The first-order chi connectivity index (χ1) is 22.9. The van der Waals surface area contributed by atoms with E-state index in [0.717, 1.165) is 42.4 Å². The molecule has 5 rings (SSSR count). The summed E-state index contributed by atoms with van der Waals surface area (Å²) >= 11 is 45.5. The molecule has 2 unspecified atom stereocenters. The van der Waals surface area contributed by atoms with E-state index in [9.17, 15) is 10.4 Å². The Labute approximate surface area is 323 Å². The second-order valence-corrected chi connectivity index (χ2v) is 14.1. The Morgan fingerprint density at radius 2 is 1.25 bits per heavy atom. The van der Waals surface area contributed by atoms with Gasteiger partial charge in [0, 0.05) is 23.7 Å². The van der Waals surface area contributed by atoms with Crippen LogP contribution in [0.4, 0.5) is 0 Å². The second-order valence-electron chi connectivity index (χ2n) is 11.1. The van der Waals surface area contributed by atoms with E-state index in [1.54, 1.807) is 36.4 Å². The summed E-state index contributed by atoms with van der Waals surface area (Å²) in [6.45, 7) is 0.530. The summed E-state index contributed by atoms with van der Waals surface area (Å²) in [6.07, 6.45) is 11.7. The maximum Gasteiger partial charge on any atom is 0.0891 e. The number of hydrogen-bond donors (Lipinski definition) is 2. The Balaban J connectivity index is 0.000000234. The van der Waals surface area contributed by atoms with Gasteiger partial charge in [-0.2, -0.15) is 10.5 Å². The molecule has 0 radical (unpaired) electrons. The second kappa shape index (κ2) is 21.5. The van der Waals surface area contributed by atoms with Crippen LogP contribution < -0.4 is 5.73 Å². The summed E-state index contributed by atoms with van der Waals surface area (Å²) in [7, 11) is 0. The van der Waals surface area contributed by atoms with Gasteiger partial charge in [-0.05, 0) is 85.2 Å². The molecule has 4 nitrogen and oxygen atoms in total. The number of nitriles is 2. The molecule has 3 aromatic rings. The first kappa shape index (κ1) is 42.5. The lowest BCUT2D eigenvalue weighted by Crippen LogP contribution is -2.33. The number of benzene rings is 3. The monoisotopic (exact) mass is 805 g/mol. The van der Waals surface area contributed by atoms with Crippen LogP contribution in [0.1, 0.15) is 48.8 Å². The fourth-order valence-electron chi connectivity index (χ4n) is 5.19. The van der Waals surface area contributed by atoms with Crippen LogP contribution >= 0.6 is 92.8 Å². The fraction of sp³-hybridized carbons (Fsp3) is 0.333. The predicted molar refractivity (Wildman–Crippen MR) is 206 cm³/mol. The van der Waals surface area contributed by atoms with Crippen molar-refractivity contribution in [3.8, 4) is 12.1 Å². The molecule has 12 heteroatoms. The zero-order valence-corrected chi connectivity index (χ0v) is 31.9. The molecule has 2 aliphatic carbocycles. The van der Waals surface area contributed by atoms with Crippen LogP contribution in [0.2, 0.25) is 30.1 Å². The number of nitrogens with two attached hydrogens (primary N) is 1. The normalized spacial score (nSPS) is 18.8. The van der Waals surface area contributed by atoms with Crippen LogP contribution in [-0.2, 0) is 17.3 Å². The molecule has 48 heavy (non-hydrogen) atoms. The lowest BCUT2D eigenvalue weighted by Gasteiger charge is -2.28. The number of nitrogens with zero attached hydrogens (tertiary/aromatic N) is 2. The first-order valence-corrected chi connectivity index (χ1v) is 18.2. The van der Waals surface area contributed by atoms with Gasteiger partial charge in [0.2, 0.25) is 0 Å². The molecule has 0 aromatic heterocycles. The number of allylic oxidation sites excluding steroid dienone is 4. The number of halogens is 8. The summed E-state index contributed by atoms with van der Waals surface area (Å²) in [5.74, 6) is 1.12. The van der Waals surface area contributed by atoms with Crippen LogP contribution in [-0.4, -0.2) is 29.5 Å². The standard InChI is InChI=1S/C12H15Cl2NO.C12H9Cl2N.C8H5Cl2N.C4H6Cl2/c13-10-2-1-8(5-11(10)14)12(7-15)4-3-9(16)6-12;13-10-4-3-9(7-11(10)14)12(8-15)5-1-2-6-12;9-7-2-1-6(3-4-11)5-8(7)10;5-3-1-2-4-6/h1-2,5,9,16H,3-4,6-7,15H2;1-4,7H,5-6H2;1-2,5H,3H2;1-2H,3-4H2/b;;;2-1-. The Morgan fingerprint density at radius 3 is 1.67 bits per heavy atom. The summed E-state index contributed by atoms with van der Waals surface area (Å²) in [6, 6.07) is 20.6. The lowest BCUT2D eigenvalue weighted by atomic mass is 9.79. The lowest BCUT2D eigenvalue weighted by molar-refractivity contribution is 0.174. The average molecular weight is 809 g/mol. The largest absolute Gasteiger partial charge is 0.393 e. The van der Waals surface area contributed by atoms with Crippen molar-refractivity contribution in [2.24, 2.45) is 5.73 Å². The number of hydrogen-bond acceptors (Lipinski definition) is 4. The van der Waals surface area contributed by atoms with Gasteiger partial charge < -0.3 is 10.8 Å². The van der Waals surface area contributed by atoms with E-state index in [4.69, 9.17) is 104 Å². The maximum absolute atomic E-state index is 9.67. The SMILES string of the molecule is ClC/C=C\CCl.N#CC1(c2ccc(Cl)c(Cl)c2)CC=CC1.N#CCc1ccc(Cl)c(Cl)c1.NCC1(c2ccc(Cl)c(Cl)c2)CCC(O)C1. The van der Waals surface area contributed by atoms with Gasteiger partial charge in [-0.1, -0.05) is 112 Å². The summed E-state index contributed by atoms with van der Waals surface area (Å²) in [5.41, 5.74) is 8.22.